The molecule has 0 heterocycles. The first-order chi connectivity index (χ1) is 5.90. The normalized spacial score (nSPS) is 17.7. The first-order valence-electron chi connectivity index (χ1n) is 4.51. The van der Waals surface area contributed by atoms with Crippen LogP contribution in [0.3, 0.4) is 0 Å². The molecule has 0 aliphatic rings. The fourth-order valence-corrected chi connectivity index (χ4v) is 1.18. The van der Waals surface area contributed by atoms with Crippen molar-refractivity contribution in [3.05, 3.63) is 11.6 Å². The third kappa shape index (κ3) is 5.29. The lowest BCUT2D eigenvalue weighted by Crippen LogP contribution is -2.36. The molecular formula is C10H19ClO2. The molecule has 0 aliphatic heterocycles. The summed E-state index contributed by atoms with van der Waals surface area (Å²) in [6.07, 6.45) is 2.73. The molecule has 0 radical (unpaired) electrons. The second kappa shape index (κ2) is 5.63. The maximum atomic E-state index is 9.35. The summed E-state index contributed by atoms with van der Waals surface area (Å²) in [5.41, 5.74) is 1.24. The summed E-state index contributed by atoms with van der Waals surface area (Å²) in [6, 6.07) is 0. The quantitative estimate of drug-likeness (QED) is 0.534. The SMILES string of the molecule is CC(C)=CCC[C@](C)(Cl)[C@H](O)CO. The van der Waals surface area contributed by atoms with Gasteiger partial charge in [0.25, 0.3) is 0 Å². The van der Waals surface area contributed by atoms with Crippen molar-refractivity contribution >= 4 is 11.6 Å². The Bertz CT molecular complexity index is 172. The van der Waals surface area contributed by atoms with Crippen LogP contribution in [0.5, 0.6) is 0 Å². The zero-order valence-electron chi connectivity index (χ0n) is 8.55. The maximum Gasteiger partial charge on any atom is 0.0959 e. The third-order valence-corrected chi connectivity index (χ3v) is 2.49. The summed E-state index contributed by atoms with van der Waals surface area (Å²) in [5, 5.41) is 18.1. The molecule has 78 valence electrons. The van der Waals surface area contributed by atoms with E-state index in [-0.39, 0.29) is 6.61 Å². The Kier molecular flexibility index (Phi) is 5.61. The Morgan fingerprint density at radius 3 is 2.46 bits per heavy atom. The van der Waals surface area contributed by atoms with Crippen LogP contribution in [0.1, 0.15) is 33.6 Å². The predicted molar refractivity (Wildman–Crippen MR) is 56.0 cm³/mol. The topological polar surface area (TPSA) is 40.5 Å². The van der Waals surface area contributed by atoms with Gasteiger partial charge < -0.3 is 10.2 Å². The zero-order valence-corrected chi connectivity index (χ0v) is 9.30. The van der Waals surface area contributed by atoms with Gasteiger partial charge in [-0.2, -0.15) is 0 Å². The number of aliphatic hydroxyl groups is 2. The number of aliphatic hydroxyl groups excluding tert-OH is 2. The summed E-state index contributed by atoms with van der Waals surface area (Å²) >= 11 is 6.03. The third-order valence-electron chi connectivity index (χ3n) is 2.05. The maximum absolute atomic E-state index is 9.35. The van der Waals surface area contributed by atoms with Gasteiger partial charge >= 0.3 is 0 Å². The Morgan fingerprint density at radius 1 is 1.54 bits per heavy atom. The molecule has 3 heteroatoms. The highest BCUT2D eigenvalue weighted by atomic mass is 35.5. The summed E-state index contributed by atoms with van der Waals surface area (Å²) in [4.78, 5) is -0.722. The standard InChI is InChI=1S/C10H19ClO2/c1-8(2)5-4-6-10(3,11)9(13)7-12/h5,9,12-13H,4,6-7H2,1-3H3/t9-,10+/m1/s1. The molecule has 0 aliphatic carbocycles. The van der Waals surface area contributed by atoms with E-state index in [9.17, 15) is 5.11 Å². The minimum atomic E-state index is -0.847. The molecule has 0 aromatic carbocycles. The molecule has 2 nitrogen and oxygen atoms in total. The first-order valence-corrected chi connectivity index (χ1v) is 4.89. The summed E-state index contributed by atoms with van der Waals surface area (Å²) in [7, 11) is 0. The van der Waals surface area contributed by atoms with Crippen molar-refractivity contribution in [3.63, 3.8) is 0 Å². The Morgan fingerprint density at radius 2 is 2.08 bits per heavy atom. The van der Waals surface area contributed by atoms with Gasteiger partial charge in [-0.15, -0.1) is 11.6 Å². The molecule has 0 aromatic rings. The van der Waals surface area contributed by atoms with Gasteiger partial charge in [-0.3, -0.25) is 0 Å². The number of hydrogen-bond acceptors (Lipinski definition) is 2. The highest BCUT2D eigenvalue weighted by molar-refractivity contribution is 6.24. The molecule has 2 atom stereocenters. The molecule has 0 aromatic heterocycles. The lowest BCUT2D eigenvalue weighted by Gasteiger charge is -2.26. The van der Waals surface area contributed by atoms with Crippen LogP contribution in [0.2, 0.25) is 0 Å². The van der Waals surface area contributed by atoms with Crippen molar-refractivity contribution in [2.75, 3.05) is 6.61 Å². The molecule has 0 bridgehead atoms. The minimum absolute atomic E-state index is 0.283. The van der Waals surface area contributed by atoms with E-state index in [2.05, 4.69) is 6.08 Å². The second-order valence-electron chi connectivity index (χ2n) is 3.80. The predicted octanol–water partition coefficient (Wildman–Crippen LogP) is 2.08. The van der Waals surface area contributed by atoms with E-state index in [1.165, 1.54) is 5.57 Å². The molecule has 13 heavy (non-hydrogen) atoms. The first kappa shape index (κ1) is 12.9. The van der Waals surface area contributed by atoms with Crippen LogP contribution in [-0.2, 0) is 0 Å². The molecule has 0 unspecified atom stereocenters. The van der Waals surface area contributed by atoms with Crippen LogP contribution in [-0.4, -0.2) is 27.8 Å². The molecule has 0 rings (SSSR count). The van der Waals surface area contributed by atoms with Crippen molar-refractivity contribution < 1.29 is 10.2 Å². The number of allylic oxidation sites excluding steroid dienone is 2. The molecule has 0 amide bonds. The molecule has 2 N–H and O–H groups in total. The van der Waals surface area contributed by atoms with Crippen LogP contribution >= 0.6 is 11.6 Å². The summed E-state index contributed by atoms with van der Waals surface area (Å²) < 4.78 is 0. The van der Waals surface area contributed by atoms with Crippen LogP contribution in [0.4, 0.5) is 0 Å². The fraction of sp³-hybridized carbons (Fsp3) is 0.800. The van der Waals surface area contributed by atoms with E-state index in [1.54, 1.807) is 6.92 Å². The minimum Gasteiger partial charge on any atom is -0.394 e. The Labute approximate surface area is 85.2 Å². The van der Waals surface area contributed by atoms with E-state index in [4.69, 9.17) is 16.7 Å². The van der Waals surface area contributed by atoms with Gasteiger partial charge in [-0.05, 0) is 33.6 Å². The number of rotatable bonds is 5. The number of hydrogen-bond donors (Lipinski definition) is 2. The number of halogens is 1. The smallest absolute Gasteiger partial charge is 0.0959 e. The Balaban J connectivity index is 3.96. The lowest BCUT2D eigenvalue weighted by molar-refractivity contribution is 0.0622. The van der Waals surface area contributed by atoms with E-state index in [1.807, 2.05) is 13.8 Å². The molecule has 0 saturated heterocycles. The van der Waals surface area contributed by atoms with Gasteiger partial charge in [-0.25, -0.2) is 0 Å². The zero-order chi connectivity index (χ0) is 10.5. The van der Waals surface area contributed by atoms with Crippen molar-refractivity contribution in [1.82, 2.24) is 0 Å². The monoisotopic (exact) mass is 206 g/mol. The highest BCUT2D eigenvalue weighted by Gasteiger charge is 2.28. The van der Waals surface area contributed by atoms with Crippen LogP contribution in [0.25, 0.3) is 0 Å². The van der Waals surface area contributed by atoms with Gasteiger partial charge in [0, 0.05) is 0 Å². The molecule has 0 saturated carbocycles. The van der Waals surface area contributed by atoms with Gasteiger partial charge in [0.05, 0.1) is 17.6 Å². The highest BCUT2D eigenvalue weighted by Crippen LogP contribution is 2.25. The van der Waals surface area contributed by atoms with Gasteiger partial charge in [-0.1, -0.05) is 11.6 Å². The van der Waals surface area contributed by atoms with Gasteiger partial charge in [0.1, 0.15) is 0 Å². The van der Waals surface area contributed by atoms with Crippen LogP contribution < -0.4 is 0 Å². The summed E-state index contributed by atoms with van der Waals surface area (Å²) in [6.45, 7) is 5.51. The molecular weight excluding hydrogens is 188 g/mol. The van der Waals surface area contributed by atoms with E-state index in [0.717, 1.165) is 6.42 Å². The average Bonchev–Trinajstić information content (AvgIpc) is 2.01. The van der Waals surface area contributed by atoms with E-state index < -0.39 is 11.0 Å². The van der Waals surface area contributed by atoms with E-state index in [0.29, 0.717) is 6.42 Å². The Hall–Kier alpha value is -0.0500. The second-order valence-corrected chi connectivity index (χ2v) is 4.66. The lowest BCUT2D eigenvalue weighted by atomic mass is 9.98. The van der Waals surface area contributed by atoms with Crippen LogP contribution in [0.15, 0.2) is 11.6 Å². The number of alkyl halides is 1. The van der Waals surface area contributed by atoms with Crippen molar-refractivity contribution in [1.29, 1.82) is 0 Å². The van der Waals surface area contributed by atoms with Crippen molar-refractivity contribution in [2.24, 2.45) is 0 Å². The fourth-order valence-electron chi connectivity index (χ4n) is 1.00. The van der Waals surface area contributed by atoms with Gasteiger partial charge in [0.2, 0.25) is 0 Å². The van der Waals surface area contributed by atoms with Crippen molar-refractivity contribution in [3.8, 4) is 0 Å². The summed E-state index contributed by atoms with van der Waals surface area (Å²) in [5.74, 6) is 0. The molecule has 0 fully saturated rings. The van der Waals surface area contributed by atoms with E-state index >= 15 is 0 Å². The average molecular weight is 207 g/mol. The molecule has 0 spiro atoms. The van der Waals surface area contributed by atoms with Gasteiger partial charge in [0.15, 0.2) is 0 Å². The largest absolute Gasteiger partial charge is 0.394 e. The van der Waals surface area contributed by atoms with Crippen molar-refractivity contribution in [2.45, 2.75) is 44.6 Å². The van der Waals surface area contributed by atoms with Crippen LogP contribution in [0, 0.1) is 0 Å².